The average Bonchev–Trinajstić information content (AvgIpc) is 2.28. The maximum absolute atomic E-state index is 9.28. The Labute approximate surface area is 138 Å². The molecule has 2 aromatic rings. The molecule has 0 spiro atoms. The summed E-state index contributed by atoms with van der Waals surface area (Å²) in [6.07, 6.45) is 4.00. The van der Waals surface area contributed by atoms with Crippen LogP contribution in [0, 0.1) is 0 Å². The van der Waals surface area contributed by atoms with E-state index in [1.54, 1.807) is 12.1 Å². The minimum atomic E-state index is 0. The number of hydrogen-bond acceptors (Lipinski definition) is 1. The van der Waals surface area contributed by atoms with Crippen LogP contribution in [0.4, 0.5) is 0 Å². The monoisotopic (exact) mass is 235 g/mol. The molecule has 0 amide bonds. The molecule has 0 unspecified atom stereocenters. The van der Waals surface area contributed by atoms with E-state index >= 15 is 0 Å². The zero-order chi connectivity index (χ0) is 10.5. The maximum atomic E-state index is 9.28. The molecule has 1 radical (unpaired) electrons. The number of phenols is 1. The SMILES string of the molecule is Oc1cccc(C=Cc2ccccc2)c1.[K]. The van der Waals surface area contributed by atoms with Gasteiger partial charge in [0.1, 0.15) is 5.75 Å². The van der Waals surface area contributed by atoms with Crippen LogP contribution in [0.1, 0.15) is 11.1 Å². The molecule has 0 aromatic heterocycles. The van der Waals surface area contributed by atoms with Crippen molar-refractivity contribution in [2.45, 2.75) is 0 Å². The van der Waals surface area contributed by atoms with E-state index in [0.29, 0.717) is 5.75 Å². The van der Waals surface area contributed by atoms with Gasteiger partial charge in [-0.25, -0.2) is 0 Å². The predicted octanol–water partition coefficient (Wildman–Crippen LogP) is 3.18. The summed E-state index contributed by atoms with van der Waals surface area (Å²) in [6, 6.07) is 17.3. The van der Waals surface area contributed by atoms with Gasteiger partial charge in [-0.05, 0) is 23.3 Å². The normalized spacial score (nSPS) is 10.0. The van der Waals surface area contributed by atoms with Crippen LogP contribution >= 0.6 is 0 Å². The number of aromatic hydroxyl groups is 1. The van der Waals surface area contributed by atoms with Crippen molar-refractivity contribution in [2.24, 2.45) is 0 Å². The molecule has 0 aliphatic carbocycles. The van der Waals surface area contributed by atoms with Gasteiger partial charge in [-0.3, -0.25) is 0 Å². The van der Waals surface area contributed by atoms with E-state index in [4.69, 9.17) is 0 Å². The van der Waals surface area contributed by atoms with E-state index in [0.717, 1.165) is 11.1 Å². The van der Waals surface area contributed by atoms with Crippen molar-refractivity contribution in [3.8, 4) is 5.75 Å². The van der Waals surface area contributed by atoms with Gasteiger partial charge in [0.25, 0.3) is 0 Å². The molecule has 0 bridgehead atoms. The molecule has 0 saturated carbocycles. The van der Waals surface area contributed by atoms with Gasteiger partial charge in [-0.15, -0.1) is 0 Å². The summed E-state index contributed by atoms with van der Waals surface area (Å²) in [5, 5.41) is 9.28. The van der Waals surface area contributed by atoms with Crippen molar-refractivity contribution in [3.63, 3.8) is 0 Å². The second-order valence-corrected chi connectivity index (χ2v) is 3.34. The van der Waals surface area contributed by atoms with Gasteiger partial charge in [0.05, 0.1) is 0 Å². The summed E-state index contributed by atoms with van der Waals surface area (Å²) in [5.74, 6) is 0.296. The van der Waals surface area contributed by atoms with Crippen LogP contribution in [-0.4, -0.2) is 56.5 Å². The fraction of sp³-hybridized carbons (Fsp3) is 0. The molecule has 1 N–H and O–H groups in total. The Balaban J connectivity index is 0.00000128. The summed E-state index contributed by atoms with van der Waals surface area (Å²) >= 11 is 0. The topological polar surface area (TPSA) is 20.2 Å². The first kappa shape index (κ1) is 13.7. The largest absolute Gasteiger partial charge is 0.508 e. The van der Waals surface area contributed by atoms with E-state index in [1.165, 1.54) is 0 Å². The molecule has 2 rings (SSSR count). The second kappa shape index (κ2) is 7.04. The van der Waals surface area contributed by atoms with Crippen molar-refractivity contribution in [1.82, 2.24) is 0 Å². The van der Waals surface area contributed by atoms with Gasteiger partial charge in [0, 0.05) is 51.4 Å². The molecule has 2 heteroatoms. The molecule has 0 atom stereocenters. The first-order valence-electron chi connectivity index (χ1n) is 4.87. The molecule has 0 aliphatic rings. The van der Waals surface area contributed by atoms with Crippen LogP contribution in [-0.2, 0) is 0 Å². The van der Waals surface area contributed by atoms with E-state index in [-0.39, 0.29) is 51.4 Å². The Morgan fingerprint density at radius 1 is 0.750 bits per heavy atom. The Kier molecular flexibility index (Phi) is 6.02. The summed E-state index contributed by atoms with van der Waals surface area (Å²) in [6.45, 7) is 0. The summed E-state index contributed by atoms with van der Waals surface area (Å²) in [7, 11) is 0. The van der Waals surface area contributed by atoms with Crippen molar-refractivity contribution < 1.29 is 5.11 Å². The standard InChI is InChI=1S/C14H12O.K/c15-14-8-4-7-13(11-14)10-9-12-5-2-1-3-6-12;/h1-11,15H;. The van der Waals surface area contributed by atoms with Gasteiger partial charge in [-0.2, -0.15) is 0 Å². The van der Waals surface area contributed by atoms with Crippen molar-refractivity contribution in [3.05, 3.63) is 65.7 Å². The Morgan fingerprint density at radius 2 is 1.38 bits per heavy atom. The molecule has 0 heterocycles. The second-order valence-electron chi connectivity index (χ2n) is 3.34. The maximum Gasteiger partial charge on any atom is 0.116 e. The Hall–Kier alpha value is -0.384. The molecule has 0 aliphatic heterocycles. The molecule has 2 aromatic carbocycles. The molecular formula is C14H12KO. The van der Waals surface area contributed by atoms with E-state index in [9.17, 15) is 5.11 Å². The van der Waals surface area contributed by atoms with E-state index in [2.05, 4.69) is 0 Å². The Bertz CT molecular complexity index is 463. The van der Waals surface area contributed by atoms with Crippen LogP contribution in [0.3, 0.4) is 0 Å². The van der Waals surface area contributed by atoms with Crippen molar-refractivity contribution in [2.75, 3.05) is 0 Å². The van der Waals surface area contributed by atoms with Crippen LogP contribution in [0.15, 0.2) is 54.6 Å². The van der Waals surface area contributed by atoms with Gasteiger partial charge in [-0.1, -0.05) is 54.6 Å². The van der Waals surface area contributed by atoms with Crippen LogP contribution in [0.25, 0.3) is 12.2 Å². The van der Waals surface area contributed by atoms with Crippen LogP contribution in [0.5, 0.6) is 5.75 Å². The zero-order valence-electron chi connectivity index (χ0n) is 9.30. The third kappa shape index (κ3) is 4.24. The smallest absolute Gasteiger partial charge is 0.116 e. The molecule has 0 saturated heterocycles. The summed E-state index contributed by atoms with van der Waals surface area (Å²) in [5.41, 5.74) is 2.15. The summed E-state index contributed by atoms with van der Waals surface area (Å²) < 4.78 is 0. The van der Waals surface area contributed by atoms with Gasteiger partial charge in [0.2, 0.25) is 0 Å². The van der Waals surface area contributed by atoms with Gasteiger partial charge < -0.3 is 5.11 Å². The number of rotatable bonds is 2. The first-order chi connectivity index (χ1) is 7.34. The zero-order valence-corrected chi connectivity index (χ0v) is 12.4. The third-order valence-electron chi connectivity index (χ3n) is 2.14. The summed E-state index contributed by atoms with van der Waals surface area (Å²) in [4.78, 5) is 0. The number of phenolic OH excluding ortho intramolecular Hbond substituents is 1. The van der Waals surface area contributed by atoms with E-state index < -0.39 is 0 Å². The quantitative estimate of drug-likeness (QED) is 0.626. The first-order valence-corrected chi connectivity index (χ1v) is 4.87. The van der Waals surface area contributed by atoms with Crippen molar-refractivity contribution >= 4 is 63.5 Å². The van der Waals surface area contributed by atoms with Gasteiger partial charge in [0.15, 0.2) is 0 Å². The average molecular weight is 235 g/mol. The molecule has 0 fully saturated rings. The molecule has 75 valence electrons. The third-order valence-corrected chi connectivity index (χ3v) is 2.14. The minimum Gasteiger partial charge on any atom is -0.508 e. The number of benzene rings is 2. The minimum absolute atomic E-state index is 0. The Morgan fingerprint density at radius 3 is 2.06 bits per heavy atom. The number of hydrogen-bond donors (Lipinski definition) is 1. The fourth-order valence-electron chi connectivity index (χ4n) is 1.39. The molecular weight excluding hydrogens is 223 g/mol. The predicted molar refractivity (Wildman–Crippen MR) is 69.2 cm³/mol. The van der Waals surface area contributed by atoms with E-state index in [1.807, 2.05) is 54.6 Å². The molecule has 1 nitrogen and oxygen atoms in total. The van der Waals surface area contributed by atoms with Gasteiger partial charge >= 0.3 is 0 Å². The fourth-order valence-corrected chi connectivity index (χ4v) is 1.39. The van der Waals surface area contributed by atoms with Crippen LogP contribution < -0.4 is 0 Å². The van der Waals surface area contributed by atoms with Crippen LogP contribution in [0.2, 0.25) is 0 Å². The molecule has 16 heavy (non-hydrogen) atoms. The van der Waals surface area contributed by atoms with Crippen molar-refractivity contribution in [1.29, 1.82) is 0 Å².